The van der Waals surface area contributed by atoms with Gasteiger partial charge in [-0.15, -0.1) is 0 Å². The molecular weight excluding hydrogens is 326 g/mol. The molecule has 0 bridgehead atoms. The van der Waals surface area contributed by atoms with E-state index in [4.69, 9.17) is 4.42 Å². The smallest absolute Gasteiger partial charge is 0.273 e. The molecule has 0 radical (unpaired) electrons. The Hall–Kier alpha value is -2.30. The number of carbonyl (C=O) groups is 1. The van der Waals surface area contributed by atoms with Crippen LogP contribution in [0.5, 0.6) is 0 Å². The van der Waals surface area contributed by atoms with Gasteiger partial charge in [0, 0.05) is 31.5 Å². The van der Waals surface area contributed by atoms with Crippen LogP contribution in [0.15, 0.2) is 34.9 Å². The van der Waals surface area contributed by atoms with Gasteiger partial charge in [0.05, 0.1) is 6.04 Å². The van der Waals surface area contributed by atoms with Crippen LogP contribution in [-0.2, 0) is 0 Å². The normalized spacial score (nSPS) is 21.0. The minimum absolute atomic E-state index is 0.0101. The maximum Gasteiger partial charge on any atom is 0.273 e. The van der Waals surface area contributed by atoms with Gasteiger partial charge < -0.3 is 14.2 Å². The molecule has 0 spiro atoms. The first-order valence-corrected chi connectivity index (χ1v) is 9.81. The van der Waals surface area contributed by atoms with Crippen LogP contribution >= 0.6 is 0 Å². The number of hydrogen-bond donors (Lipinski definition) is 0. The van der Waals surface area contributed by atoms with Crippen molar-refractivity contribution < 1.29 is 9.21 Å². The summed E-state index contributed by atoms with van der Waals surface area (Å²) < 4.78 is 5.88. The van der Waals surface area contributed by atoms with Crippen LogP contribution in [0.4, 0.5) is 5.69 Å². The Morgan fingerprint density at radius 3 is 2.65 bits per heavy atom. The molecular formula is C21H27N3O2. The number of nitrogens with zero attached hydrogens (tertiary/aromatic N) is 3. The monoisotopic (exact) mass is 353 g/mol. The first-order chi connectivity index (χ1) is 12.7. The molecule has 4 heterocycles. The number of rotatable bonds is 3. The standard InChI is InChI=1S/C21H27N3O2/c1-16-8-9-20(26-16)19-7-3-2-4-14-24(19)21(25)18-15-17(10-11-22-18)23-12-5-6-13-23/h8-11,15,19H,2-7,12-14H2,1H3/t19-/m1/s1. The molecule has 4 rings (SSSR count). The van der Waals surface area contributed by atoms with Crippen molar-refractivity contribution >= 4 is 11.6 Å². The zero-order chi connectivity index (χ0) is 17.9. The largest absolute Gasteiger partial charge is 0.464 e. The average molecular weight is 353 g/mol. The van der Waals surface area contributed by atoms with E-state index >= 15 is 0 Å². The third-order valence-corrected chi connectivity index (χ3v) is 5.54. The lowest BCUT2D eigenvalue weighted by Crippen LogP contribution is -2.35. The van der Waals surface area contributed by atoms with Crippen molar-refractivity contribution in [1.82, 2.24) is 9.88 Å². The van der Waals surface area contributed by atoms with Gasteiger partial charge in [0.1, 0.15) is 17.2 Å². The van der Waals surface area contributed by atoms with Gasteiger partial charge in [0.2, 0.25) is 0 Å². The summed E-state index contributed by atoms with van der Waals surface area (Å²) in [4.78, 5) is 22.0. The topological polar surface area (TPSA) is 49.6 Å². The van der Waals surface area contributed by atoms with Crippen LogP contribution in [0.1, 0.15) is 66.6 Å². The number of pyridine rings is 1. The number of furan rings is 1. The Bertz CT molecular complexity index is 764. The molecule has 5 heteroatoms. The van der Waals surface area contributed by atoms with Crippen LogP contribution in [0.2, 0.25) is 0 Å². The lowest BCUT2D eigenvalue weighted by Gasteiger charge is -2.28. The van der Waals surface area contributed by atoms with E-state index in [-0.39, 0.29) is 11.9 Å². The molecule has 1 amide bonds. The van der Waals surface area contributed by atoms with Crippen molar-refractivity contribution in [3.63, 3.8) is 0 Å². The lowest BCUT2D eigenvalue weighted by molar-refractivity contribution is 0.0651. The lowest BCUT2D eigenvalue weighted by atomic mass is 10.1. The molecule has 0 unspecified atom stereocenters. The van der Waals surface area contributed by atoms with Gasteiger partial charge in [0.15, 0.2) is 0 Å². The number of amides is 1. The molecule has 0 aromatic carbocycles. The summed E-state index contributed by atoms with van der Waals surface area (Å²) in [5.74, 6) is 1.81. The summed E-state index contributed by atoms with van der Waals surface area (Å²) >= 11 is 0. The van der Waals surface area contributed by atoms with Gasteiger partial charge in [-0.05, 0) is 56.9 Å². The summed E-state index contributed by atoms with van der Waals surface area (Å²) in [7, 11) is 0. The molecule has 1 atom stereocenters. The molecule has 138 valence electrons. The van der Waals surface area contributed by atoms with Crippen LogP contribution in [0.25, 0.3) is 0 Å². The Balaban J connectivity index is 1.61. The fourth-order valence-electron chi connectivity index (χ4n) is 4.14. The van der Waals surface area contributed by atoms with E-state index < -0.39 is 0 Å². The summed E-state index contributed by atoms with van der Waals surface area (Å²) in [5.41, 5.74) is 1.66. The summed E-state index contributed by atoms with van der Waals surface area (Å²) in [5, 5.41) is 0. The molecule has 5 nitrogen and oxygen atoms in total. The predicted molar refractivity (Wildman–Crippen MR) is 101 cm³/mol. The molecule has 0 saturated carbocycles. The van der Waals surface area contributed by atoms with Gasteiger partial charge in [-0.25, -0.2) is 0 Å². The molecule has 2 aromatic rings. The van der Waals surface area contributed by atoms with Crippen molar-refractivity contribution in [3.05, 3.63) is 47.7 Å². The average Bonchev–Trinajstić information content (AvgIpc) is 3.28. The molecule has 26 heavy (non-hydrogen) atoms. The first kappa shape index (κ1) is 17.1. The quantitative estimate of drug-likeness (QED) is 0.823. The molecule has 2 aliphatic heterocycles. The van der Waals surface area contributed by atoms with E-state index in [9.17, 15) is 4.79 Å². The Kier molecular flexibility index (Phi) is 4.96. The highest BCUT2D eigenvalue weighted by molar-refractivity contribution is 5.93. The van der Waals surface area contributed by atoms with Crippen LogP contribution in [-0.4, -0.2) is 35.4 Å². The summed E-state index contributed by atoms with van der Waals surface area (Å²) in [6, 6.07) is 7.98. The van der Waals surface area contributed by atoms with E-state index in [2.05, 4.69) is 9.88 Å². The van der Waals surface area contributed by atoms with E-state index in [1.54, 1.807) is 6.20 Å². The van der Waals surface area contributed by atoms with Crippen molar-refractivity contribution in [2.24, 2.45) is 0 Å². The number of aromatic nitrogens is 1. The molecule has 2 aromatic heterocycles. The van der Waals surface area contributed by atoms with E-state index in [0.29, 0.717) is 5.69 Å². The Morgan fingerprint density at radius 2 is 1.88 bits per heavy atom. The van der Waals surface area contributed by atoms with Crippen molar-refractivity contribution in [3.8, 4) is 0 Å². The van der Waals surface area contributed by atoms with Crippen molar-refractivity contribution in [2.75, 3.05) is 24.5 Å². The van der Waals surface area contributed by atoms with Crippen LogP contribution in [0.3, 0.4) is 0 Å². The number of hydrogen-bond acceptors (Lipinski definition) is 4. The van der Waals surface area contributed by atoms with Gasteiger partial charge in [-0.1, -0.05) is 12.8 Å². The second-order valence-electron chi connectivity index (χ2n) is 7.41. The maximum atomic E-state index is 13.3. The summed E-state index contributed by atoms with van der Waals surface area (Å²) in [6.07, 6.45) is 8.47. The number of anilines is 1. The molecule has 2 fully saturated rings. The first-order valence-electron chi connectivity index (χ1n) is 9.81. The van der Waals surface area contributed by atoms with Crippen molar-refractivity contribution in [1.29, 1.82) is 0 Å². The number of likely N-dealkylation sites (tertiary alicyclic amines) is 1. The number of aryl methyl sites for hydroxylation is 1. The highest BCUT2D eigenvalue weighted by Gasteiger charge is 2.30. The van der Waals surface area contributed by atoms with E-state index in [1.165, 1.54) is 12.8 Å². The van der Waals surface area contributed by atoms with Gasteiger partial charge in [-0.2, -0.15) is 0 Å². The molecule has 2 aliphatic rings. The van der Waals surface area contributed by atoms with E-state index in [1.807, 2.05) is 36.1 Å². The highest BCUT2D eigenvalue weighted by atomic mass is 16.3. The van der Waals surface area contributed by atoms with Gasteiger partial charge >= 0.3 is 0 Å². The Labute approximate surface area is 155 Å². The third-order valence-electron chi connectivity index (χ3n) is 5.54. The summed E-state index contributed by atoms with van der Waals surface area (Å²) in [6.45, 7) is 4.84. The molecule has 0 aliphatic carbocycles. The highest BCUT2D eigenvalue weighted by Crippen LogP contribution is 2.32. The second-order valence-corrected chi connectivity index (χ2v) is 7.41. The zero-order valence-corrected chi connectivity index (χ0v) is 15.5. The fourth-order valence-corrected chi connectivity index (χ4v) is 4.14. The van der Waals surface area contributed by atoms with Crippen molar-refractivity contribution in [2.45, 2.75) is 51.5 Å². The predicted octanol–water partition coefficient (Wildman–Crippen LogP) is 4.34. The molecule has 2 saturated heterocycles. The second kappa shape index (κ2) is 7.52. The SMILES string of the molecule is Cc1ccc([C@H]2CCCCCN2C(=O)c2cc(N3CCCC3)ccn2)o1. The van der Waals surface area contributed by atoms with Crippen LogP contribution in [0, 0.1) is 6.92 Å². The third kappa shape index (κ3) is 3.48. The number of carbonyl (C=O) groups excluding carboxylic acids is 1. The minimum atomic E-state index is 0.0101. The van der Waals surface area contributed by atoms with E-state index in [0.717, 1.165) is 62.5 Å². The molecule has 0 N–H and O–H groups in total. The van der Waals surface area contributed by atoms with Crippen LogP contribution < -0.4 is 4.90 Å². The maximum absolute atomic E-state index is 13.3. The van der Waals surface area contributed by atoms with Gasteiger partial charge in [-0.3, -0.25) is 9.78 Å². The minimum Gasteiger partial charge on any atom is -0.464 e. The van der Waals surface area contributed by atoms with Gasteiger partial charge in [0.25, 0.3) is 5.91 Å². The zero-order valence-electron chi connectivity index (χ0n) is 15.5. The fraction of sp³-hybridized carbons (Fsp3) is 0.524. The Morgan fingerprint density at radius 1 is 1.08 bits per heavy atom.